The number of nitrogens with zero attached hydrogens (tertiary/aromatic N) is 6. The second-order valence-electron chi connectivity index (χ2n) is 17.3. The standard InChI is InChI=1S/C34H44N4O4.C19H19N5O/c1-5-38(29-10-14-41-15-11-29)32-20-28(27-8-6-26(7-9-27)22-37-12-16-42-17-13-37)19-30(25(32)4)33(39)35-21-31-23(2)18-24(3)36-34(31)40;1-13-6-4-5-7-17(13)23-22-15-8-9-16(14(2)12-15)21-19(25)18-10-11-20-24(18)3/h6-9,18-20,29H,5,10-17,21-22H2,1-4H3,(H,35,39)(H,36,40);4-12H,1-3H3,(H,21,25). The van der Waals surface area contributed by atoms with Crippen molar-refractivity contribution in [1.29, 1.82) is 0 Å². The van der Waals surface area contributed by atoms with E-state index in [0.29, 0.717) is 22.9 Å². The molecular weight excluding hydrogens is 843 g/mol. The summed E-state index contributed by atoms with van der Waals surface area (Å²) in [6.45, 7) is 18.8. The number of carbonyl (C=O) groups excluding carboxylic acids is 2. The first-order valence-electron chi connectivity index (χ1n) is 23.1. The number of H-pyrrole nitrogens is 1. The van der Waals surface area contributed by atoms with Gasteiger partial charge < -0.3 is 30.0 Å². The predicted octanol–water partition coefficient (Wildman–Crippen LogP) is 9.44. The molecule has 8 rings (SSSR count). The first kappa shape index (κ1) is 48.2. The minimum Gasteiger partial charge on any atom is -0.381 e. The average molecular weight is 906 g/mol. The Morgan fingerprint density at radius 1 is 0.806 bits per heavy atom. The van der Waals surface area contributed by atoms with Gasteiger partial charge in [-0.15, -0.1) is 0 Å². The van der Waals surface area contributed by atoms with E-state index in [1.165, 1.54) is 10.2 Å². The zero-order chi connectivity index (χ0) is 47.5. The molecule has 2 aliphatic heterocycles. The molecule has 67 heavy (non-hydrogen) atoms. The van der Waals surface area contributed by atoms with Gasteiger partial charge >= 0.3 is 0 Å². The number of morpholine rings is 1. The summed E-state index contributed by atoms with van der Waals surface area (Å²) in [7, 11) is 1.73. The average Bonchev–Trinajstić information content (AvgIpc) is 3.77. The minimum atomic E-state index is -0.197. The fourth-order valence-electron chi connectivity index (χ4n) is 8.63. The first-order valence-corrected chi connectivity index (χ1v) is 23.1. The maximum Gasteiger partial charge on any atom is 0.273 e. The summed E-state index contributed by atoms with van der Waals surface area (Å²) >= 11 is 0. The number of pyridine rings is 1. The number of aryl methyl sites for hydroxylation is 5. The fraction of sp³-hybridized carbons (Fsp3) is 0.358. The first-order chi connectivity index (χ1) is 32.4. The number of rotatable bonds is 13. The molecule has 4 aromatic carbocycles. The van der Waals surface area contributed by atoms with Gasteiger partial charge in [0.1, 0.15) is 5.69 Å². The van der Waals surface area contributed by atoms with E-state index in [2.05, 4.69) is 78.0 Å². The Bertz CT molecular complexity index is 2750. The van der Waals surface area contributed by atoms with Crippen LogP contribution >= 0.6 is 0 Å². The van der Waals surface area contributed by atoms with Crippen molar-refractivity contribution in [3.63, 3.8) is 0 Å². The summed E-state index contributed by atoms with van der Waals surface area (Å²) in [6.07, 6.45) is 3.52. The molecule has 0 radical (unpaired) electrons. The van der Waals surface area contributed by atoms with Crippen molar-refractivity contribution in [3.8, 4) is 11.1 Å². The number of azo groups is 1. The number of carbonyl (C=O) groups is 2. The molecule has 0 aliphatic carbocycles. The van der Waals surface area contributed by atoms with Crippen molar-refractivity contribution in [2.45, 2.75) is 73.5 Å². The van der Waals surface area contributed by atoms with Crippen LogP contribution in [-0.4, -0.2) is 83.6 Å². The maximum atomic E-state index is 13.7. The molecule has 2 aliphatic rings. The summed E-state index contributed by atoms with van der Waals surface area (Å²) in [5, 5.41) is 18.5. The number of benzene rings is 4. The number of ether oxygens (including phenoxy) is 2. The number of hydrogen-bond donors (Lipinski definition) is 3. The zero-order valence-corrected chi connectivity index (χ0v) is 39.8. The molecule has 350 valence electrons. The predicted molar refractivity (Wildman–Crippen MR) is 265 cm³/mol. The van der Waals surface area contributed by atoms with Crippen molar-refractivity contribution in [2.75, 3.05) is 56.3 Å². The molecule has 6 aromatic rings. The van der Waals surface area contributed by atoms with Gasteiger partial charge in [0.15, 0.2) is 0 Å². The molecule has 0 spiro atoms. The zero-order valence-electron chi connectivity index (χ0n) is 39.8. The highest BCUT2D eigenvalue weighted by atomic mass is 16.5. The van der Waals surface area contributed by atoms with Gasteiger partial charge in [-0.1, -0.05) is 42.5 Å². The highest BCUT2D eigenvalue weighted by Gasteiger charge is 2.25. The van der Waals surface area contributed by atoms with Crippen LogP contribution in [0.25, 0.3) is 11.1 Å². The number of aromatic nitrogens is 3. The summed E-state index contributed by atoms with van der Waals surface area (Å²) in [4.78, 5) is 46.3. The van der Waals surface area contributed by atoms with Crippen LogP contribution in [0.2, 0.25) is 0 Å². The number of aromatic amines is 1. The van der Waals surface area contributed by atoms with Crippen molar-refractivity contribution >= 4 is 34.6 Å². The quantitative estimate of drug-likeness (QED) is 0.0968. The lowest BCUT2D eigenvalue weighted by Gasteiger charge is -2.37. The minimum absolute atomic E-state index is 0.159. The number of nitrogens with one attached hydrogen (secondary N) is 3. The van der Waals surface area contributed by atoms with Crippen molar-refractivity contribution in [1.82, 2.24) is 25.0 Å². The summed E-state index contributed by atoms with van der Waals surface area (Å²) in [5.41, 5.74) is 12.9. The third kappa shape index (κ3) is 12.4. The van der Waals surface area contributed by atoms with Crippen LogP contribution in [-0.2, 0) is 29.6 Å². The van der Waals surface area contributed by atoms with Gasteiger partial charge in [-0.3, -0.25) is 24.0 Å². The van der Waals surface area contributed by atoms with Crippen molar-refractivity contribution < 1.29 is 19.1 Å². The van der Waals surface area contributed by atoms with E-state index in [0.717, 1.165) is 127 Å². The Kier molecular flexibility index (Phi) is 16.3. The third-order valence-corrected chi connectivity index (χ3v) is 12.5. The van der Waals surface area contributed by atoms with E-state index in [1.54, 1.807) is 19.3 Å². The molecular formula is C53H63N9O5. The molecule has 0 bridgehead atoms. The van der Waals surface area contributed by atoms with Crippen LogP contribution in [0.15, 0.2) is 112 Å². The Labute approximate surface area is 393 Å². The van der Waals surface area contributed by atoms with E-state index >= 15 is 0 Å². The summed E-state index contributed by atoms with van der Waals surface area (Å²) < 4.78 is 12.7. The van der Waals surface area contributed by atoms with Gasteiger partial charge in [-0.25, -0.2) is 0 Å². The van der Waals surface area contributed by atoms with Crippen LogP contribution in [0.5, 0.6) is 0 Å². The lowest BCUT2D eigenvalue weighted by Crippen LogP contribution is -2.40. The van der Waals surface area contributed by atoms with Crippen LogP contribution < -0.4 is 21.1 Å². The van der Waals surface area contributed by atoms with E-state index in [4.69, 9.17) is 9.47 Å². The Morgan fingerprint density at radius 3 is 2.21 bits per heavy atom. The monoisotopic (exact) mass is 905 g/mol. The largest absolute Gasteiger partial charge is 0.381 e. The Balaban J connectivity index is 0.000000227. The van der Waals surface area contributed by atoms with Crippen LogP contribution in [0.4, 0.5) is 22.7 Å². The van der Waals surface area contributed by atoms with E-state index in [1.807, 2.05) is 89.2 Å². The van der Waals surface area contributed by atoms with Gasteiger partial charge in [0.25, 0.3) is 17.4 Å². The topological polar surface area (TPSA) is 159 Å². The number of anilines is 2. The fourth-order valence-corrected chi connectivity index (χ4v) is 8.63. The number of hydrogen-bond acceptors (Lipinski definition) is 10. The van der Waals surface area contributed by atoms with Gasteiger partial charge in [0, 0.05) is 93.4 Å². The molecule has 3 N–H and O–H groups in total. The SMILES string of the molecule is CCN(c1cc(-c2ccc(CN3CCOCC3)cc2)cc(C(=O)NCc2c(C)cc(C)[nH]c2=O)c1C)C1CCOCC1.Cc1ccccc1N=Nc1ccc(NC(=O)c2ccnn2C)c(C)c1. The third-order valence-electron chi connectivity index (χ3n) is 12.5. The van der Waals surface area contributed by atoms with Crippen LogP contribution in [0.3, 0.4) is 0 Å². The maximum absolute atomic E-state index is 13.7. The number of amides is 2. The molecule has 0 atom stereocenters. The molecule has 2 fully saturated rings. The van der Waals surface area contributed by atoms with Crippen LogP contribution in [0.1, 0.15) is 79.7 Å². The summed E-state index contributed by atoms with van der Waals surface area (Å²) in [5.74, 6) is -0.376. The lowest BCUT2D eigenvalue weighted by atomic mass is 9.94. The second kappa shape index (κ2) is 22.6. The smallest absolute Gasteiger partial charge is 0.273 e. The Morgan fingerprint density at radius 2 is 1.54 bits per heavy atom. The van der Waals surface area contributed by atoms with Crippen LogP contribution in [0, 0.1) is 34.6 Å². The Hall–Kier alpha value is -6.74. The summed E-state index contributed by atoms with van der Waals surface area (Å²) in [6, 6.07) is 30.3. The van der Waals surface area contributed by atoms with Gasteiger partial charge in [-0.05, 0) is 142 Å². The highest BCUT2D eigenvalue weighted by molar-refractivity contribution is 6.03. The molecule has 2 amide bonds. The van der Waals surface area contributed by atoms with E-state index in [-0.39, 0.29) is 23.9 Å². The molecule has 0 saturated carbocycles. The van der Waals surface area contributed by atoms with Crippen molar-refractivity contribution in [3.05, 3.63) is 158 Å². The highest BCUT2D eigenvalue weighted by Crippen LogP contribution is 2.34. The van der Waals surface area contributed by atoms with Gasteiger partial charge in [-0.2, -0.15) is 15.3 Å². The molecule has 2 saturated heterocycles. The second-order valence-corrected chi connectivity index (χ2v) is 17.3. The van der Waals surface area contributed by atoms with Crippen molar-refractivity contribution in [2.24, 2.45) is 17.3 Å². The normalized spacial score (nSPS) is 14.4. The van der Waals surface area contributed by atoms with Gasteiger partial charge in [0.05, 0.1) is 24.6 Å². The van der Waals surface area contributed by atoms with E-state index < -0.39 is 0 Å². The molecule has 14 nitrogen and oxygen atoms in total. The lowest BCUT2D eigenvalue weighted by molar-refractivity contribution is 0.0342. The van der Waals surface area contributed by atoms with E-state index in [9.17, 15) is 14.4 Å². The molecule has 14 heteroatoms. The van der Waals surface area contributed by atoms with Gasteiger partial charge in [0.2, 0.25) is 0 Å². The molecule has 4 heterocycles. The molecule has 0 unspecified atom stereocenters. The molecule has 2 aromatic heterocycles.